The fourth-order valence-electron chi connectivity index (χ4n) is 1.55. The number of halogens is 1. The second-order valence-electron chi connectivity index (χ2n) is 4.05. The zero-order valence-corrected chi connectivity index (χ0v) is 12.8. The van der Waals surface area contributed by atoms with Gasteiger partial charge in [-0.2, -0.15) is 0 Å². The SMILES string of the molecule is CCCNc1ncnc(N(C)CCCOC)c1Br. The van der Waals surface area contributed by atoms with Crippen molar-refractivity contribution in [1.29, 1.82) is 0 Å². The van der Waals surface area contributed by atoms with E-state index in [0.29, 0.717) is 0 Å². The minimum Gasteiger partial charge on any atom is -0.385 e. The first-order valence-corrected chi connectivity index (χ1v) is 6.94. The molecule has 0 amide bonds. The largest absolute Gasteiger partial charge is 0.385 e. The van der Waals surface area contributed by atoms with Gasteiger partial charge in [0, 0.05) is 33.9 Å². The van der Waals surface area contributed by atoms with Crippen LogP contribution >= 0.6 is 15.9 Å². The Balaban J connectivity index is 2.69. The Kier molecular flexibility index (Phi) is 6.97. The molecule has 1 heterocycles. The first kappa shape index (κ1) is 15.2. The smallest absolute Gasteiger partial charge is 0.148 e. The molecule has 0 saturated carbocycles. The second-order valence-corrected chi connectivity index (χ2v) is 4.85. The van der Waals surface area contributed by atoms with E-state index in [9.17, 15) is 0 Å². The van der Waals surface area contributed by atoms with E-state index < -0.39 is 0 Å². The summed E-state index contributed by atoms with van der Waals surface area (Å²) in [6.07, 6.45) is 3.63. The molecule has 1 aromatic rings. The van der Waals surface area contributed by atoms with Gasteiger partial charge in [0.25, 0.3) is 0 Å². The summed E-state index contributed by atoms with van der Waals surface area (Å²) in [6, 6.07) is 0. The highest BCUT2D eigenvalue weighted by Crippen LogP contribution is 2.28. The number of aromatic nitrogens is 2. The molecule has 0 aromatic carbocycles. The van der Waals surface area contributed by atoms with Crippen LogP contribution in [0, 0.1) is 0 Å². The summed E-state index contributed by atoms with van der Waals surface area (Å²) in [5, 5.41) is 3.28. The molecule has 1 aromatic heterocycles. The highest BCUT2D eigenvalue weighted by atomic mass is 79.9. The Bertz CT molecular complexity index is 362. The molecule has 5 nitrogen and oxygen atoms in total. The number of rotatable bonds is 8. The molecule has 102 valence electrons. The first-order chi connectivity index (χ1) is 8.70. The molecule has 1 N–H and O–H groups in total. The summed E-state index contributed by atoms with van der Waals surface area (Å²) in [4.78, 5) is 10.6. The first-order valence-electron chi connectivity index (χ1n) is 6.15. The minimum atomic E-state index is 0.758. The topological polar surface area (TPSA) is 50.3 Å². The van der Waals surface area contributed by atoms with Crippen molar-refractivity contribution >= 4 is 27.6 Å². The highest BCUT2D eigenvalue weighted by Gasteiger charge is 2.11. The Morgan fingerprint density at radius 3 is 2.89 bits per heavy atom. The van der Waals surface area contributed by atoms with E-state index in [1.807, 2.05) is 7.05 Å². The van der Waals surface area contributed by atoms with Crippen LogP contribution in [0.3, 0.4) is 0 Å². The third-order valence-electron chi connectivity index (χ3n) is 2.52. The lowest BCUT2D eigenvalue weighted by Gasteiger charge is -2.20. The third kappa shape index (κ3) is 4.42. The summed E-state index contributed by atoms with van der Waals surface area (Å²) >= 11 is 3.56. The van der Waals surface area contributed by atoms with Crippen LogP contribution in [0.15, 0.2) is 10.8 Å². The Hall–Kier alpha value is -0.880. The summed E-state index contributed by atoms with van der Waals surface area (Å²) in [5.74, 6) is 1.75. The van der Waals surface area contributed by atoms with E-state index in [1.54, 1.807) is 13.4 Å². The average molecular weight is 317 g/mol. The zero-order valence-electron chi connectivity index (χ0n) is 11.2. The number of methoxy groups -OCH3 is 1. The van der Waals surface area contributed by atoms with E-state index in [1.165, 1.54) is 0 Å². The van der Waals surface area contributed by atoms with Crippen LogP contribution in [0.2, 0.25) is 0 Å². The van der Waals surface area contributed by atoms with Crippen molar-refractivity contribution in [2.75, 3.05) is 44.1 Å². The molecule has 0 aliphatic heterocycles. The van der Waals surface area contributed by atoms with Crippen molar-refractivity contribution < 1.29 is 4.74 Å². The molecule has 0 aliphatic rings. The van der Waals surface area contributed by atoms with Crippen LogP contribution in [0.5, 0.6) is 0 Å². The van der Waals surface area contributed by atoms with Crippen LogP contribution < -0.4 is 10.2 Å². The number of nitrogens with one attached hydrogen (secondary N) is 1. The van der Waals surface area contributed by atoms with Crippen molar-refractivity contribution in [3.63, 3.8) is 0 Å². The summed E-state index contributed by atoms with van der Waals surface area (Å²) < 4.78 is 5.97. The molecule has 0 fully saturated rings. The lowest BCUT2D eigenvalue weighted by atomic mass is 10.4. The summed E-state index contributed by atoms with van der Waals surface area (Å²) in [7, 11) is 3.74. The van der Waals surface area contributed by atoms with Crippen molar-refractivity contribution in [1.82, 2.24) is 9.97 Å². The molecule has 6 heteroatoms. The fourth-order valence-corrected chi connectivity index (χ4v) is 2.19. The van der Waals surface area contributed by atoms with Gasteiger partial charge in [0.2, 0.25) is 0 Å². The van der Waals surface area contributed by atoms with Gasteiger partial charge in [0.15, 0.2) is 0 Å². The quantitative estimate of drug-likeness (QED) is 0.747. The van der Waals surface area contributed by atoms with Crippen LogP contribution in [-0.2, 0) is 4.74 Å². The molecule has 0 atom stereocenters. The molecule has 0 spiro atoms. The number of hydrogen-bond donors (Lipinski definition) is 1. The molecule has 1 rings (SSSR count). The van der Waals surface area contributed by atoms with Gasteiger partial charge in [-0.3, -0.25) is 0 Å². The van der Waals surface area contributed by atoms with Crippen molar-refractivity contribution in [2.45, 2.75) is 19.8 Å². The maximum absolute atomic E-state index is 5.05. The lowest BCUT2D eigenvalue weighted by molar-refractivity contribution is 0.196. The maximum atomic E-state index is 5.05. The van der Waals surface area contributed by atoms with Gasteiger partial charge >= 0.3 is 0 Å². The monoisotopic (exact) mass is 316 g/mol. The Morgan fingerprint density at radius 2 is 2.22 bits per heavy atom. The Labute approximate surface area is 117 Å². The third-order valence-corrected chi connectivity index (χ3v) is 3.25. The van der Waals surface area contributed by atoms with E-state index in [2.05, 4.69) is 43.0 Å². The predicted octanol–water partition coefficient (Wildman–Crippen LogP) is 2.53. The predicted molar refractivity (Wildman–Crippen MR) is 78.3 cm³/mol. The average Bonchev–Trinajstić information content (AvgIpc) is 2.37. The molecule has 0 unspecified atom stereocenters. The van der Waals surface area contributed by atoms with Crippen molar-refractivity contribution in [3.8, 4) is 0 Å². The normalized spacial score (nSPS) is 10.4. The lowest BCUT2D eigenvalue weighted by Crippen LogP contribution is -2.22. The van der Waals surface area contributed by atoms with E-state index in [4.69, 9.17) is 4.74 Å². The Morgan fingerprint density at radius 1 is 1.44 bits per heavy atom. The fraction of sp³-hybridized carbons (Fsp3) is 0.667. The van der Waals surface area contributed by atoms with Gasteiger partial charge < -0.3 is 15.0 Å². The number of nitrogens with zero attached hydrogens (tertiary/aromatic N) is 3. The molecular formula is C12H21BrN4O. The van der Waals surface area contributed by atoms with Gasteiger partial charge in [-0.1, -0.05) is 6.92 Å². The van der Waals surface area contributed by atoms with Crippen molar-refractivity contribution in [2.24, 2.45) is 0 Å². The van der Waals surface area contributed by atoms with Crippen LogP contribution in [0.1, 0.15) is 19.8 Å². The molecule has 0 saturated heterocycles. The van der Waals surface area contributed by atoms with Gasteiger partial charge in [-0.15, -0.1) is 0 Å². The van der Waals surface area contributed by atoms with E-state index in [0.717, 1.165) is 48.6 Å². The highest BCUT2D eigenvalue weighted by molar-refractivity contribution is 9.10. The van der Waals surface area contributed by atoms with E-state index in [-0.39, 0.29) is 0 Å². The van der Waals surface area contributed by atoms with Crippen LogP contribution in [0.25, 0.3) is 0 Å². The number of ether oxygens (including phenoxy) is 1. The molecule has 0 aliphatic carbocycles. The van der Waals surface area contributed by atoms with Crippen molar-refractivity contribution in [3.05, 3.63) is 10.8 Å². The number of hydrogen-bond acceptors (Lipinski definition) is 5. The maximum Gasteiger partial charge on any atom is 0.148 e. The van der Waals surface area contributed by atoms with Gasteiger partial charge in [0.05, 0.1) is 0 Å². The van der Waals surface area contributed by atoms with E-state index >= 15 is 0 Å². The van der Waals surface area contributed by atoms with Gasteiger partial charge in [-0.25, -0.2) is 9.97 Å². The molecule has 0 bridgehead atoms. The molecule has 0 radical (unpaired) electrons. The molecule has 18 heavy (non-hydrogen) atoms. The standard InChI is InChI=1S/C12H21BrN4O/c1-4-6-14-11-10(13)12(16-9-15-11)17(2)7-5-8-18-3/h9H,4-8H2,1-3H3,(H,14,15,16). The zero-order chi connectivity index (χ0) is 13.4. The second kappa shape index (κ2) is 8.26. The van der Waals surface area contributed by atoms with Gasteiger partial charge in [-0.05, 0) is 28.8 Å². The summed E-state index contributed by atoms with van der Waals surface area (Å²) in [6.45, 7) is 4.69. The minimum absolute atomic E-state index is 0.758. The number of anilines is 2. The summed E-state index contributed by atoms with van der Waals surface area (Å²) in [5.41, 5.74) is 0. The van der Waals surface area contributed by atoms with Crippen LogP contribution in [0.4, 0.5) is 11.6 Å². The van der Waals surface area contributed by atoms with Gasteiger partial charge in [0.1, 0.15) is 22.4 Å². The van der Waals surface area contributed by atoms with Crippen LogP contribution in [-0.4, -0.2) is 43.8 Å². The molecular weight excluding hydrogens is 296 g/mol.